The summed E-state index contributed by atoms with van der Waals surface area (Å²) in [6.45, 7) is 6.88. The molecule has 2 aromatic carbocycles. The molecule has 0 unspecified atom stereocenters. The van der Waals surface area contributed by atoms with Crippen LogP contribution in [0.5, 0.6) is 0 Å². The lowest BCUT2D eigenvalue weighted by molar-refractivity contribution is -0.145. The van der Waals surface area contributed by atoms with Gasteiger partial charge in [0.05, 0.1) is 18.2 Å². The highest BCUT2D eigenvalue weighted by Crippen LogP contribution is 2.33. The normalized spacial score (nSPS) is 18.0. The van der Waals surface area contributed by atoms with E-state index in [1.807, 2.05) is 52.9 Å². The molecule has 1 saturated heterocycles. The topological polar surface area (TPSA) is 83.4 Å². The first-order chi connectivity index (χ1) is 20.7. The van der Waals surface area contributed by atoms with Gasteiger partial charge in [-0.15, -0.1) is 0 Å². The summed E-state index contributed by atoms with van der Waals surface area (Å²) in [5.74, 6) is -0.861. The van der Waals surface area contributed by atoms with Gasteiger partial charge in [0.1, 0.15) is 11.9 Å². The molecule has 0 radical (unpaired) electrons. The van der Waals surface area contributed by atoms with Crippen LogP contribution >= 0.6 is 0 Å². The van der Waals surface area contributed by atoms with Crippen molar-refractivity contribution in [2.24, 2.45) is 0 Å². The second-order valence-electron chi connectivity index (χ2n) is 11.3. The number of rotatable bonds is 5. The molecule has 2 aliphatic rings. The molecule has 1 N–H and O–H groups in total. The maximum atomic E-state index is 15.4. The average Bonchev–Trinajstić information content (AvgIpc) is 3.63. The van der Waals surface area contributed by atoms with Crippen LogP contribution in [0.4, 0.5) is 14.9 Å². The Hall–Kier alpha value is -4.66. The standard InChI is InChI=1S/C34H35FN4O4/c1-4-23-15-26(33(41)39-14-11-24-7-5-6-8-29(24)21(39)2)19-38-18-25(16-32(23)38)30-10-9-27(17-31(30)35)36-34(42)37-13-12-28(20-37)43-22(3)40/h5-10,15-19,21,28H,4,11-14,20H2,1-3H3,(H,36,42)/t21-,28-/m1/s1. The Balaban J connectivity index is 1.21. The Morgan fingerprint density at radius 3 is 2.63 bits per heavy atom. The summed E-state index contributed by atoms with van der Waals surface area (Å²) in [4.78, 5) is 41.1. The van der Waals surface area contributed by atoms with E-state index in [1.165, 1.54) is 24.1 Å². The van der Waals surface area contributed by atoms with Gasteiger partial charge >= 0.3 is 12.0 Å². The lowest BCUT2D eigenvalue weighted by Gasteiger charge is -2.35. The van der Waals surface area contributed by atoms with Crippen molar-refractivity contribution in [3.05, 3.63) is 95.1 Å². The third-order valence-corrected chi connectivity index (χ3v) is 8.57. The number of nitrogens with zero attached hydrogens (tertiary/aromatic N) is 3. The van der Waals surface area contributed by atoms with E-state index in [2.05, 4.69) is 24.4 Å². The van der Waals surface area contributed by atoms with E-state index in [9.17, 15) is 14.4 Å². The van der Waals surface area contributed by atoms with Gasteiger partial charge < -0.3 is 24.3 Å². The smallest absolute Gasteiger partial charge is 0.321 e. The van der Waals surface area contributed by atoms with Gasteiger partial charge in [0, 0.05) is 61.2 Å². The Morgan fingerprint density at radius 1 is 1.05 bits per heavy atom. The minimum Gasteiger partial charge on any atom is -0.461 e. The SMILES string of the molecule is CCc1cc(C(=O)N2CCc3ccccc3[C@H]2C)cn2cc(-c3ccc(NC(=O)N4CC[C@@H](OC(C)=O)C4)cc3F)cc12. The molecule has 2 aliphatic heterocycles. The third kappa shape index (κ3) is 5.59. The van der Waals surface area contributed by atoms with Crippen LogP contribution in [0.25, 0.3) is 16.6 Å². The molecule has 0 spiro atoms. The van der Waals surface area contributed by atoms with Gasteiger partial charge in [-0.05, 0) is 66.8 Å². The molecule has 4 heterocycles. The predicted octanol–water partition coefficient (Wildman–Crippen LogP) is 6.24. The highest BCUT2D eigenvalue weighted by Gasteiger charge is 2.30. The van der Waals surface area contributed by atoms with E-state index >= 15 is 4.39 Å². The summed E-state index contributed by atoms with van der Waals surface area (Å²) in [5.41, 5.74) is 6.41. The molecule has 2 aromatic heterocycles. The first-order valence-corrected chi connectivity index (χ1v) is 14.8. The fourth-order valence-corrected chi connectivity index (χ4v) is 6.33. The average molecular weight is 583 g/mol. The highest BCUT2D eigenvalue weighted by molar-refractivity contribution is 5.95. The number of aromatic nitrogens is 1. The molecular formula is C34H35FN4O4. The van der Waals surface area contributed by atoms with Gasteiger partial charge in [-0.1, -0.05) is 31.2 Å². The maximum Gasteiger partial charge on any atom is 0.321 e. The predicted molar refractivity (Wildman–Crippen MR) is 163 cm³/mol. The van der Waals surface area contributed by atoms with Crippen LogP contribution in [0.2, 0.25) is 0 Å². The summed E-state index contributed by atoms with van der Waals surface area (Å²) in [5, 5.41) is 2.74. The van der Waals surface area contributed by atoms with Gasteiger partial charge in [0.2, 0.25) is 0 Å². The minimum atomic E-state index is -0.469. The highest BCUT2D eigenvalue weighted by atomic mass is 19.1. The monoisotopic (exact) mass is 582 g/mol. The molecule has 1 fully saturated rings. The second kappa shape index (κ2) is 11.6. The van der Waals surface area contributed by atoms with Crippen molar-refractivity contribution in [3.63, 3.8) is 0 Å². The summed E-state index contributed by atoms with van der Waals surface area (Å²) in [6.07, 6.45) is 5.46. The Morgan fingerprint density at radius 2 is 1.86 bits per heavy atom. The van der Waals surface area contributed by atoms with Crippen LogP contribution in [0.1, 0.15) is 60.3 Å². The fraction of sp³-hybridized carbons (Fsp3) is 0.324. The molecule has 6 rings (SSSR count). The third-order valence-electron chi connectivity index (χ3n) is 8.57. The largest absolute Gasteiger partial charge is 0.461 e. The number of esters is 1. The van der Waals surface area contributed by atoms with Gasteiger partial charge in [-0.25, -0.2) is 9.18 Å². The lowest BCUT2D eigenvalue weighted by atomic mass is 9.93. The maximum absolute atomic E-state index is 15.4. The quantitative estimate of drug-likeness (QED) is 0.283. The number of carbonyl (C=O) groups excluding carboxylic acids is 3. The summed E-state index contributed by atoms with van der Waals surface area (Å²) in [6, 6.07) is 16.4. The number of hydrogen-bond donors (Lipinski definition) is 1. The van der Waals surface area contributed by atoms with Crippen molar-refractivity contribution < 1.29 is 23.5 Å². The summed E-state index contributed by atoms with van der Waals surface area (Å²) in [7, 11) is 0. The number of hydrogen-bond acceptors (Lipinski definition) is 4. The van der Waals surface area contributed by atoms with Crippen molar-refractivity contribution in [1.82, 2.24) is 14.2 Å². The van der Waals surface area contributed by atoms with Gasteiger partial charge in [0.15, 0.2) is 0 Å². The van der Waals surface area contributed by atoms with Crippen LogP contribution in [-0.2, 0) is 22.4 Å². The van der Waals surface area contributed by atoms with Crippen LogP contribution in [0, 0.1) is 5.82 Å². The van der Waals surface area contributed by atoms with Crippen molar-refractivity contribution >= 4 is 29.1 Å². The summed E-state index contributed by atoms with van der Waals surface area (Å²) < 4.78 is 22.5. The number of ether oxygens (including phenoxy) is 1. The Labute approximate surface area is 250 Å². The van der Waals surface area contributed by atoms with Crippen LogP contribution in [0.3, 0.4) is 0 Å². The number of likely N-dealkylation sites (tertiary alicyclic amines) is 1. The van der Waals surface area contributed by atoms with Gasteiger partial charge in [-0.3, -0.25) is 9.59 Å². The number of benzene rings is 2. The zero-order valence-corrected chi connectivity index (χ0v) is 24.6. The number of amides is 3. The molecule has 9 heteroatoms. The zero-order valence-electron chi connectivity index (χ0n) is 24.6. The molecule has 2 atom stereocenters. The fourth-order valence-electron chi connectivity index (χ4n) is 6.33. The van der Waals surface area contributed by atoms with E-state index < -0.39 is 5.82 Å². The Kier molecular flexibility index (Phi) is 7.64. The molecule has 222 valence electrons. The van der Waals surface area contributed by atoms with Crippen molar-refractivity contribution in [3.8, 4) is 11.1 Å². The molecular weight excluding hydrogens is 547 g/mol. The van der Waals surface area contributed by atoms with E-state index in [1.54, 1.807) is 17.0 Å². The first kappa shape index (κ1) is 28.5. The molecule has 3 amide bonds. The zero-order chi connectivity index (χ0) is 30.2. The number of urea groups is 1. The summed E-state index contributed by atoms with van der Waals surface area (Å²) >= 11 is 0. The van der Waals surface area contributed by atoms with Crippen molar-refractivity contribution in [1.29, 1.82) is 0 Å². The number of carbonyl (C=O) groups is 3. The molecule has 43 heavy (non-hydrogen) atoms. The number of nitrogens with one attached hydrogen (secondary N) is 1. The first-order valence-electron chi connectivity index (χ1n) is 14.8. The molecule has 0 aliphatic carbocycles. The van der Waals surface area contributed by atoms with Crippen molar-refractivity contribution in [2.45, 2.75) is 52.2 Å². The molecule has 8 nitrogen and oxygen atoms in total. The van der Waals surface area contributed by atoms with Gasteiger partial charge in [0.25, 0.3) is 5.91 Å². The van der Waals surface area contributed by atoms with E-state index in [-0.39, 0.29) is 30.1 Å². The molecule has 0 bridgehead atoms. The molecule has 0 saturated carbocycles. The molecule has 4 aromatic rings. The number of fused-ring (bicyclic) bond motifs is 2. The van der Waals surface area contributed by atoms with E-state index in [0.717, 1.165) is 17.5 Å². The number of halogens is 1. The second-order valence-corrected chi connectivity index (χ2v) is 11.3. The lowest BCUT2D eigenvalue weighted by Crippen LogP contribution is -2.39. The van der Waals surface area contributed by atoms with Crippen LogP contribution < -0.4 is 5.32 Å². The van der Waals surface area contributed by atoms with Gasteiger partial charge in [-0.2, -0.15) is 0 Å². The number of pyridine rings is 1. The van der Waals surface area contributed by atoms with Crippen LogP contribution in [-0.4, -0.2) is 57.8 Å². The minimum absolute atomic E-state index is 0.0164. The number of anilines is 1. The number of aryl methyl sites for hydroxylation is 1. The Bertz CT molecular complexity index is 1730. The van der Waals surface area contributed by atoms with E-state index in [0.29, 0.717) is 54.9 Å². The van der Waals surface area contributed by atoms with E-state index in [4.69, 9.17) is 4.74 Å². The van der Waals surface area contributed by atoms with Crippen LogP contribution in [0.15, 0.2) is 67.0 Å². The van der Waals surface area contributed by atoms with Crippen molar-refractivity contribution in [2.75, 3.05) is 25.0 Å².